The molecule has 0 heterocycles. The van der Waals surface area contributed by atoms with Gasteiger partial charge < -0.3 is 15.3 Å². The van der Waals surface area contributed by atoms with Crippen LogP contribution in [0.4, 0.5) is 4.79 Å². The first kappa shape index (κ1) is 13.8. The Kier molecular flexibility index (Phi) is 5.25. The molecule has 0 aliphatic heterocycles. The summed E-state index contributed by atoms with van der Waals surface area (Å²) in [4.78, 5) is 24.0. The predicted octanol–water partition coefficient (Wildman–Crippen LogP) is 1.68. The van der Waals surface area contributed by atoms with Gasteiger partial charge in [-0.3, -0.25) is 4.79 Å². The van der Waals surface area contributed by atoms with Crippen molar-refractivity contribution in [3.05, 3.63) is 0 Å². The second-order valence-corrected chi connectivity index (χ2v) is 4.76. The molecule has 1 fully saturated rings. The van der Waals surface area contributed by atoms with Crippen LogP contribution in [0.3, 0.4) is 0 Å². The number of rotatable bonds is 6. The number of nitrogens with one attached hydrogen (secondary N) is 1. The van der Waals surface area contributed by atoms with E-state index in [1.54, 1.807) is 0 Å². The minimum Gasteiger partial charge on any atom is -0.480 e. The van der Waals surface area contributed by atoms with E-state index >= 15 is 0 Å². The standard InChI is InChI=1S/C12H22N2O3/c1-3-9(2)14(8-11(15)16)12(17)13-7-10-5-4-6-10/h9-10H,3-8H2,1-2H3,(H,13,17)(H,15,16). The van der Waals surface area contributed by atoms with Crippen LogP contribution >= 0.6 is 0 Å². The van der Waals surface area contributed by atoms with Crippen LogP contribution in [-0.4, -0.2) is 41.1 Å². The van der Waals surface area contributed by atoms with Gasteiger partial charge in [0.15, 0.2) is 0 Å². The van der Waals surface area contributed by atoms with Crippen molar-refractivity contribution in [2.45, 2.75) is 45.6 Å². The highest BCUT2D eigenvalue weighted by Crippen LogP contribution is 2.25. The van der Waals surface area contributed by atoms with Gasteiger partial charge >= 0.3 is 12.0 Å². The topological polar surface area (TPSA) is 69.6 Å². The fourth-order valence-electron chi connectivity index (χ4n) is 1.82. The highest BCUT2D eigenvalue weighted by Gasteiger charge is 2.23. The Labute approximate surface area is 102 Å². The summed E-state index contributed by atoms with van der Waals surface area (Å²) in [5.74, 6) is -0.383. The number of carbonyl (C=O) groups is 2. The summed E-state index contributed by atoms with van der Waals surface area (Å²) in [6, 6.07) is -0.304. The molecular weight excluding hydrogens is 220 g/mol. The van der Waals surface area contributed by atoms with Crippen molar-refractivity contribution < 1.29 is 14.7 Å². The van der Waals surface area contributed by atoms with Gasteiger partial charge in [-0.15, -0.1) is 0 Å². The molecule has 1 atom stereocenters. The van der Waals surface area contributed by atoms with Crippen molar-refractivity contribution in [3.63, 3.8) is 0 Å². The quantitative estimate of drug-likeness (QED) is 0.744. The lowest BCUT2D eigenvalue weighted by atomic mass is 9.85. The molecule has 2 amide bonds. The normalized spacial score (nSPS) is 17.1. The molecule has 2 N–H and O–H groups in total. The number of nitrogens with zero attached hydrogens (tertiary/aromatic N) is 1. The van der Waals surface area contributed by atoms with Gasteiger partial charge in [0.2, 0.25) is 0 Å². The Bertz CT molecular complexity index is 277. The molecule has 0 bridgehead atoms. The van der Waals surface area contributed by atoms with Gasteiger partial charge in [-0.25, -0.2) is 4.79 Å². The van der Waals surface area contributed by atoms with Gasteiger partial charge in [0.1, 0.15) is 6.54 Å². The van der Waals surface area contributed by atoms with Gasteiger partial charge in [0.25, 0.3) is 0 Å². The molecule has 0 aromatic heterocycles. The number of carbonyl (C=O) groups excluding carboxylic acids is 1. The summed E-state index contributed by atoms with van der Waals surface area (Å²) in [7, 11) is 0. The number of hydrogen-bond donors (Lipinski definition) is 2. The highest BCUT2D eigenvalue weighted by molar-refractivity contribution is 5.80. The summed E-state index contributed by atoms with van der Waals surface area (Å²) < 4.78 is 0. The molecule has 0 saturated heterocycles. The average molecular weight is 242 g/mol. The lowest BCUT2D eigenvalue weighted by molar-refractivity contribution is -0.138. The van der Waals surface area contributed by atoms with E-state index in [9.17, 15) is 9.59 Å². The first-order chi connectivity index (χ1) is 8.04. The number of carboxylic acid groups (broad SMARTS) is 1. The van der Waals surface area contributed by atoms with E-state index in [4.69, 9.17) is 5.11 Å². The van der Waals surface area contributed by atoms with Crippen molar-refractivity contribution in [3.8, 4) is 0 Å². The summed E-state index contributed by atoms with van der Waals surface area (Å²) in [6.45, 7) is 4.25. The Balaban J connectivity index is 2.42. The third-order valence-corrected chi connectivity index (χ3v) is 3.46. The first-order valence-corrected chi connectivity index (χ1v) is 6.30. The Morgan fingerprint density at radius 2 is 2.12 bits per heavy atom. The fourth-order valence-corrected chi connectivity index (χ4v) is 1.82. The van der Waals surface area contributed by atoms with E-state index in [0.29, 0.717) is 12.5 Å². The number of aliphatic carboxylic acids is 1. The summed E-state index contributed by atoms with van der Waals surface area (Å²) in [5, 5.41) is 11.6. The van der Waals surface area contributed by atoms with Crippen LogP contribution in [0.15, 0.2) is 0 Å². The second kappa shape index (κ2) is 6.47. The molecule has 0 radical (unpaired) electrons. The summed E-state index contributed by atoms with van der Waals surface area (Å²) in [6.07, 6.45) is 4.33. The van der Waals surface area contributed by atoms with Crippen LogP contribution < -0.4 is 5.32 Å². The molecule has 1 rings (SSSR count). The zero-order valence-electron chi connectivity index (χ0n) is 10.6. The second-order valence-electron chi connectivity index (χ2n) is 4.76. The number of hydrogen-bond acceptors (Lipinski definition) is 2. The number of amides is 2. The Morgan fingerprint density at radius 3 is 2.53 bits per heavy atom. The van der Waals surface area contributed by atoms with Crippen LogP contribution in [0.25, 0.3) is 0 Å². The Hall–Kier alpha value is -1.26. The molecule has 1 unspecified atom stereocenters. The van der Waals surface area contributed by atoms with Crippen LogP contribution in [0.1, 0.15) is 39.5 Å². The van der Waals surface area contributed by atoms with E-state index in [0.717, 1.165) is 6.42 Å². The Morgan fingerprint density at radius 1 is 1.47 bits per heavy atom. The maximum absolute atomic E-state index is 11.9. The van der Waals surface area contributed by atoms with Crippen LogP contribution in [-0.2, 0) is 4.79 Å². The molecular formula is C12H22N2O3. The summed E-state index contributed by atoms with van der Waals surface area (Å²) in [5.41, 5.74) is 0. The number of carboxylic acids is 1. The van der Waals surface area contributed by atoms with Crippen molar-refractivity contribution in [1.82, 2.24) is 10.2 Å². The monoisotopic (exact) mass is 242 g/mol. The molecule has 1 aliphatic rings. The fraction of sp³-hybridized carbons (Fsp3) is 0.833. The molecule has 17 heavy (non-hydrogen) atoms. The van der Waals surface area contributed by atoms with Gasteiger partial charge in [-0.1, -0.05) is 13.3 Å². The van der Waals surface area contributed by atoms with Crippen molar-refractivity contribution >= 4 is 12.0 Å². The molecule has 0 spiro atoms. The van der Waals surface area contributed by atoms with Gasteiger partial charge in [-0.05, 0) is 32.1 Å². The van der Waals surface area contributed by atoms with Gasteiger partial charge in [-0.2, -0.15) is 0 Å². The minimum atomic E-state index is -0.968. The summed E-state index contributed by atoms with van der Waals surface area (Å²) >= 11 is 0. The minimum absolute atomic E-state index is 0.0486. The molecule has 5 nitrogen and oxygen atoms in total. The van der Waals surface area contributed by atoms with E-state index in [1.807, 2.05) is 13.8 Å². The average Bonchev–Trinajstić information content (AvgIpc) is 2.22. The van der Waals surface area contributed by atoms with E-state index < -0.39 is 5.97 Å². The molecule has 98 valence electrons. The molecule has 0 aromatic carbocycles. The smallest absolute Gasteiger partial charge is 0.323 e. The largest absolute Gasteiger partial charge is 0.480 e. The van der Waals surface area contributed by atoms with Crippen molar-refractivity contribution in [1.29, 1.82) is 0 Å². The van der Waals surface area contributed by atoms with Gasteiger partial charge in [0.05, 0.1) is 0 Å². The lowest BCUT2D eigenvalue weighted by Gasteiger charge is -2.30. The van der Waals surface area contributed by atoms with Crippen LogP contribution in [0, 0.1) is 5.92 Å². The first-order valence-electron chi connectivity index (χ1n) is 6.30. The molecule has 1 aliphatic carbocycles. The third kappa shape index (κ3) is 4.24. The molecule has 0 aromatic rings. The van der Waals surface area contributed by atoms with Crippen LogP contribution in [0.5, 0.6) is 0 Å². The molecule has 1 saturated carbocycles. The van der Waals surface area contributed by atoms with E-state index in [1.165, 1.54) is 24.2 Å². The van der Waals surface area contributed by atoms with Gasteiger partial charge in [0, 0.05) is 12.6 Å². The maximum Gasteiger partial charge on any atom is 0.323 e. The zero-order chi connectivity index (χ0) is 12.8. The highest BCUT2D eigenvalue weighted by atomic mass is 16.4. The zero-order valence-corrected chi connectivity index (χ0v) is 10.6. The lowest BCUT2D eigenvalue weighted by Crippen LogP contribution is -2.48. The maximum atomic E-state index is 11.9. The van der Waals surface area contributed by atoms with Crippen LogP contribution in [0.2, 0.25) is 0 Å². The SMILES string of the molecule is CCC(C)N(CC(=O)O)C(=O)NCC1CCC1. The van der Waals surface area contributed by atoms with Crippen molar-refractivity contribution in [2.24, 2.45) is 5.92 Å². The van der Waals surface area contributed by atoms with Crippen molar-refractivity contribution in [2.75, 3.05) is 13.1 Å². The third-order valence-electron chi connectivity index (χ3n) is 3.46. The molecule has 5 heteroatoms. The number of urea groups is 1. The van der Waals surface area contributed by atoms with E-state index in [2.05, 4.69) is 5.32 Å². The predicted molar refractivity (Wildman–Crippen MR) is 64.8 cm³/mol. The van der Waals surface area contributed by atoms with E-state index in [-0.39, 0.29) is 18.6 Å².